The van der Waals surface area contributed by atoms with Crippen LogP contribution in [-0.4, -0.2) is 36.5 Å². The Morgan fingerprint density at radius 1 is 1.06 bits per heavy atom. The SMILES string of the molecule is COc1cn(-c2ccc(-n3cccn3)cc2F)nc(-c2ccnn2C2CCCCC2)c1=O. The van der Waals surface area contributed by atoms with Crippen molar-refractivity contribution in [3.63, 3.8) is 0 Å². The Morgan fingerprint density at radius 3 is 2.62 bits per heavy atom. The third-order valence-electron chi connectivity index (χ3n) is 5.89. The molecule has 0 N–H and O–H groups in total. The molecule has 1 saturated carbocycles. The van der Waals surface area contributed by atoms with Gasteiger partial charge < -0.3 is 4.74 Å². The molecular weight excluding hydrogens is 411 g/mol. The summed E-state index contributed by atoms with van der Waals surface area (Å²) in [6, 6.07) is 8.48. The van der Waals surface area contributed by atoms with Crippen LogP contribution in [0.15, 0.2) is 59.9 Å². The second kappa shape index (κ2) is 8.41. The fourth-order valence-corrected chi connectivity index (χ4v) is 4.27. The molecule has 3 heterocycles. The lowest BCUT2D eigenvalue weighted by atomic mass is 9.95. The Hall–Kier alpha value is -3.75. The van der Waals surface area contributed by atoms with Crippen LogP contribution >= 0.6 is 0 Å². The van der Waals surface area contributed by atoms with Gasteiger partial charge in [-0.3, -0.25) is 9.48 Å². The summed E-state index contributed by atoms with van der Waals surface area (Å²) in [5.41, 5.74) is 1.23. The van der Waals surface area contributed by atoms with Gasteiger partial charge in [0.1, 0.15) is 5.69 Å². The number of hydrogen-bond acceptors (Lipinski definition) is 5. The van der Waals surface area contributed by atoms with Crippen molar-refractivity contribution in [1.29, 1.82) is 0 Å². The number of benzene rings is 1. The van der Waals surface area contributed by atoms with Crippen LogP contribution in [0.5, 0.6) is 5.75 Å². The molecule has 1 aromatic carbocycles. The van der Waals surface area contributed by atoms with E-state index in [0.29, 0.717) is 11.4 Å². The lowest BCUT2D eigenvalue weighted by Gasteiger charge is -2.23. The van der Waals surface area contributed by atoms with Crippen molar-refractivity contribution in [2.24, 2.45) is 0 Å². The molecule has 9 heteroatoms. The number of hydrogen-bond donors (Lipinski definition) is 0. The predicted molar refractivity (Wildman–Crippen MR) is 117 cm³/mol. The normalized spacial score (nSPS) is 14.6. The van der Waals surface area contributed by atoms with Crippen LogP contribution in [0, 0.1) is 5.82 Å². The van der Waals surface area contributed by atoms with Gasteiger partial charge in [-0.2, -0.15) is 15.3 Å². The smallest absolute Gasteiger partial charge is 0.251 e. The third-order valence-corrected chi connectivity index (χ3v) is 5.89. The van der Waals surface area contributed by atoms with Crippen molar-refractivity contribution >= 4 is 0 Å². The van der Waals surface area contributed by atoms with Crippen LogP contribution in [0.2, 0.25) is 0 Å². The number of nitrogens with zero attached hydrogens (tertiary/aromatic N) is 6. The second-order valence-corrected chi connectivity index (χ2v) is 7.86. The molecule has 5 rings (SSSR count). The van der Waals surface area contributed by atoms with E-state index in [4.69, 9.17) is 4.74 Å². The molecule has 0 unspecified atom stereocenters. The molecule has 0 spiro atoms. The number of methoxy groups -OCH3 is 1. The van der Waals surface area contributed by atoms with E-state index >= 15 is 4.39 Å². The van der Waals surface area contributed by atoms with Gasteiger partial charge in [-0.15, -0.1) is 0 Å². The summed E-state index contributed by atoms with van der Waals surface area (Å²) >= 11 is 0. The lowest BCUT2D eigenvalue weighted by Crippen LogP contribution is -2.21. The summed E-state index contributed by atoms with van der Waals surface area (Å²) in [5, 5.41) is 13.1. The molecule has 0 radical (unpaired) electrons. The molecule has 8 nitrogen and oxygen atoms in total. The van der Waals surface area contributed by atoms with E-state index in [0.717, 1.165) is 25.7 Å². The second-order valence-electron chi connectivity index (χ2n) is 7.86. The number of ether oxygens (including phenoxy) is 1. The highest BCUT2D eigenvalue weighted by atomic mass is 19.1. The lowest BCUT2D eigenvalue weighted by molar-refractivity contribution is 0.331. The topological polar surface area (TPSA) is 79.8 Å². The molecule has 0 aliphatic heterocycles. The maximum Gasteiger partial charge on any atom is 0.251 e. The van der Waals surface area contributed by atoms with Crippen molar-refractivity contribution in [2.45, 2.75) is 38.1 Å². The molecule has 1 fully saturated rings. The van der Waals surface area contributed by atoms with E-state index in [1.807, 2.05) is 4.68 Å². The van der Waals surface area contributed by atoms with Crippen LogP contribution in [0.25, 0.3) is 22.8 Å². The summed E-state index contributed by atoms with van der Waals surface area (Å²) < 4.78 is 25.2. The number of aromatic nitrogens is 6. The average Bonchev–Trinajstić information content (AvgIpc) is 3.52. The van der Waals surface area contributed by atoms with Gasteiger partial charge in [0.25, 0.3) is 5.43 Å². The predicted octanol–water partition coefficient (Wildman–Crippen LogP) is 3.93. The van der Waals surface area contributed by atoms with Gasteiger partial charge >= 0.3 is 0 Å². The molecule has 32 heavy (non-hydrogen) atoms. The monoisotopic (exact) mass is 434 g/mol. The van der Waals surface area contributed by atoms with Gasteiger partial charge in [0.05, 0.1) is 30.7 Å². The van der Waals surface area contributed by atoms with Gasteiger partial charge in [0.15, 0.2) is 17.3 Å². The average molecular weight is 434 g/mol. The maximum absolute atomic E-state index is 15.1. The van der Waals surface area contributed by atoms with Crippen molar-refractivity contribution in [2.75, 3.05) is 7.11 Å². The van der Waals surface area contributed by atoms with E-state index in [9.17, 15) is 4.79 Å². The number of rotatable bonds is 5. The molecule has 0 amide bonds. The highest BCUT2D eigenvalue weighted by Gasteiger charge is 2.23. The largest absolute Gasteiger partial charge is 0.491 e. The maximum atomic E-state index is 15.1. The zero-order chi connectivity index (χ0) is 22.1. The molecule has 4 aromatic rings. The first-order chi connectivity index (χ1) is 15.7. The van der Waals surface area contributed by atoms with Crippen molar-refractivity contribution in [1.82, 2.24) is 29.3 Å². The zero-order valence-electron chi connectivity index (χ0n) is 17.7. The molecule has 3 aromatic heterocycles. The minimum absolute atomic E-state index is 0.0851. The summed E-state index contributed by atoms with van der Waals surface area (Å²) in [5.74, 6) is -0.412. The van der Waals surface area contributed by atoms with Gasteiger partial charge in [-0.25, -0.2) is 13.8 Å². The Balaban J connectivity index is 1.60. The minimum atomic E-state index is -0.497. The van der Waals surface area contributed by atoms with Crippen LogP contribution in [-0.2, 0) is 0 Å². The van der Waals surface area contributed by atoms with Crippen LogP contribution in [0.1, 0.15) is 38.1 Å². The quantitative estimate of drug-likeness (QED) is 0.475. The van der Waals surface area contributed by atoms with E-state index in [-0.39, 0.29) is 28.6 Å². The molecule has 0 bridgehead atoms. The summed E-state index contributed by atoms with van der Waals surface area (Å²) in [4.78, 5) is 13.1. The fourth-order valence-electron chi connectivity index (χ4n) is 4.27. The summed E-state index contributed by atoms with van der Waals surface area (Å²) in [6.07, 6.45) is 11.9. The minimum Gasteiger partial charge on any atom is -0.491 e. The summed E-state index contributed by atoms with van der Waals surface area (Å²) in [7, 11) is 1.42. The first-order valence-corrected chi connectivity index (χ1v) is 10.7. The van der Waals surface area contributed by atoms with Crippen LogP contribution in [0.3, 0.4) is 0 Å². The van der Waals surface area contributed by atoms with Gasteiger partial charge in [-0.05, 0) is 37.1 Å². The Bertz CT molecular complexity index is 1290. The Labute approximate surface area is 183 Å². The Kier molecular flexibility index (Phi) is 5.30. The standard InChI is InChI=1S/C23H23FN6O2/c1-32-21-15-29(19-9-8-17(14-18(19)24)28-13-5-11-25-28)27-22(23(21)31)20-10-12-26-30(20)16-6-3-2-4-7-16/h5,8-16H,2-4,6-7H2,1H3. The molecule has 1 aliphatic rings. The molecular formula is C23H23FN6O2. The summed E-state index contributed by atoms with van der Waals surface area (Å²) in [6.45, 7) is 0. The van der Waals surface area contributed by atoms with Gasteiger partial charge in [0.2, 0.25) is 0 Å². The van der Waals surface area contributed by atoms with Crippen LogP contribution in [0.4, 0.5) is 4.39 Å². The first kappa shape index (κ1) is 20.2. The zero-order valence-corrected chi connectivity index (χ0v) is 17.7. The first-order valence-electron chi connectivity index (χ1n) is 10.7. The van der Waals surface area contributed by atoms with E-state index in [1.165, 1.54) is 30.5 Å². The number of halogens is 1. The van der Waals surface area contributed by atoms with Gasteiger partial charge in [0, 0.05) is 24.7 Å². The molecule has 0 atom stereocenters. The third kappa shape index (κ3) is 3.59. The molecule has 0 saturated heterocycles. The van der Waals surface area contributed by atoms with Crippen LogP contribution < -0.4 is 10.2 Å². The van der Waals surface area contributed by atoms with Gasteiger partial charge in [-0.1, -0.05) is 19.3 Å². The van der Waals surface area contributed by atoms with E-state index in [1.54, 1.807) is 47.5 Å². The van der Waals surface area contributed by atoms with E-state index < -0.39 is 5.82 Å². The van der Waals surface area contributed by atoms with Crippen molar-refractivity contribution < 1.29 is 9.13 Å². The van der Waals surface area contributed by atoms with Crippen molar-refractivity contribution in [3.8, 4) is 28.5 Å². The molecule has 164 valence electrons. The van der Waals surface area contributed by atoms with E-state index in [2.05, 4.69) is 15.3 Å². The van der Waals surface area contributed by atoms with Crippen molar-refractivity contribution in [3.05, 3.63) is 71.2 Å². The Morgan fingerprint density at radius 2 is 1.91 bits per heavy atom. The highest BCUT2D eigenvalue weighted by molar-refractivity contribution is 5.56. The molecule has 1 aliphatic carbocycles. The fraction of sp³-hybridized carbons (Fsp3) is 0.304. The highest BCUT2D eigenvalue weighted by Crippen LogP contribution is 2.31.